The van der Waals surface area contributed by atoms with Crippen molar-refractivity contribution in [1.82, 2.24) is 0 Å². The minimum Gasteiger partial charge on any atom is -0.479 e. The van der Waals surface area contributed by atoms with Crippen LogP contribution in [0.25, 0.3) is 0 Å². The molecule has 0 aromatic heterocycles. The van der Waals surface area contributed by atoms with E-state index in [0.717, 1.165) is 0 Å². The molecular weight excluding hydrogens is 196 g/mol. The van der Waals surface area contributed by atoms with Gasteiger partial charge in [-0.3, -0.25) is 0 Å². The quantitative estimate of drug-likeness (QED) is 0.671. The highest BCUT2D eigenvalue weighted by atomic mass is 32.2. The lowest BCUT2D eigenvalue weighted by molar-refractivity contribution is -0.160. The molecule has 1 unspecified atom stereocenters. The van der Waals surface area contributed by atoms with Gasteiger partial charge in [0, 0.05) is 7.11 Å². The number of carbonyl (C=O) groups is 1. The van der Waals surface area contributed by atoms with Crippen LogP contribution in [0.1, 0.15) is 12.8 Å². The van der Waals surface area contributed by atoms with Crippen molar-refractivity contribution in [3.05, 3.63) is 0 Å². The van der Waals surface area contributed by atoms with Crippen LogP contribution in [0.5, 0.6) is 0 Å². The summed E-state index contributed by atoms with van der Waals surface area (Å²) in [6.07, 6.45) is 0.612. The molecule has 1 aliphatic rings. The summed E-state index contributed by atoms with van der Waals surface area (Å²) >= 11 is 0. The zero-order valence-electron chi connectivity index (χ0n) is 7.32. The van der Waals surface area contributed by atoms with Gasteiger partial charge in [-0.15, -0.1) is 0 Å². The monoisotopic (exact) mass is 208 g/mol. The highest BCUT2D eigenvalue weighted by Gasteiger charge is 2.45. The molecule has 0 saturated carbocycles. The summed E-state index contributed by atoms with van der Waals surface area (Å²) in [7, 11) is -2.02. The van der Waals surface area contributed by atoms with Crippen molar-refractivity contribution in [3.8, 4) is 0 Å². The fourth-order valence-corrected chi connectivity index (χ4v) is 3.32. The van der Waals surface area contributed by atoms with E-state index in [-0.39, 0.29) is 12.2 Å². The maximum Gasteiger partial charge on any atom is 0.337 e. The van der Waals surface area contributed by atoms with Crippen LogP contribution in [0.3, 0.4) is 0 Å². The van der Waals surface area contributed by atoms with E-state index < -0.39 is 27.2 Å². The van der Waals surface area contributed by atoms with Gasteiger partial charge in [-0.05, 0) is 12.8 Å². The number of ether oxygens (including phenoxy) is 1. The second-order valence-electron chi connectivity index (χ2n) is 3.20. The molecule has 1 rings (SSSR count). The Bertz CT molecular complexity index is 307. The highest BCUT2D eigenvalue weighted by Crippen LogP contribution is 2.26. The van der Waals surface area contributed by atoms with Crippen LogP contribution in [-0.2, 0) is 19.4 Å². The summed E-state index contributed by atoms with van der Waals surface area (Å²) in [5.41, 5.74) is -1.52. The standard InChI is InChI=1S/C7H12O5S/c1-12-7(6(8)9)3-2-4-13(10,11)5-7/h2-5H2,1H3,(H,8,9). The molecule has 6 heteroatoms. The third-order valence-corrected chi connectivity index (χ3v) is 4.09. The van der Waals surface area contributed by atoms with Gasteiger partial charge in [-0.25, -0.2) is 13.2 Å². The zero-order valence-corrected chi connectivity index (χ0v) is 8.13. The number of carboxylic acid groups (broad SMARTS) is 1. The summed E-state index contributed by atoms with van der Waals surface area (Å²) in [5, 5.41) is 8.83. The Morgan fingerprint density at radius 3 is 2.46 bits per heavy atom. The number of aliphatic carboxylic acids is 1. The fraction of sp³-hybridized carbons (Fsp3) is 0.857. The van der Waals surface area contributed by atoms with Crippen molar-refractivity contribution >= 4 is 15.8 Å². The topological polar surface area (TPSA) is 80.7 Å². The van der Waals surface area contributed by atoms with E-state index in [1.54, 1.807) is 0 Å². The third kappa shape index (κ3) is 2.00. The van der Waals surface area contributed by atoms with Crippen molar-refractivity contribution < 1.29 is 23.1 Å². The molecule has 1 atom stereocenters. The molecule has 0 aromatic rings. The number of sulfone groups is 1. The van der Waals surface area contributed by atoms with Gasteiger partial charge in [0.05, 0.1) is 11.5 Å². The highest BCUT2D eigenvalue weighted by molar-refractivity contribution is 7.91. The Labute approximate surface area is 76.6 Å². The van der Waals surface area contributed by atoms with Crippen molar-refractivity contribution in [1.29, 1.82) is 0 Å². The Morgan fingerprint density at radius 2 is 2.15 bits per heavy atom. The molecule has 5 nitrogen and oxygen atoms in total. The van der Waals surface area contributed by atoms with E-state index in [1.807, 2.05) is 0 Å². The zero-order chi connectivity index (χ0) is 10.1. The SMILES string of the molecule is COC1(C(=O)O)CCCS(=O)(=O)C1. The molecule has 0 bridgehead atoms. The molecular formula is C7H12O5S. The van der Waals surface area contributed by atoms with Gasteiger partial charge in [0.15, 0.2) is 15.4 Å². The van der Waals surface area contributed by atoms with Gasteiger partial charge < -0.3 is 9.84 Å². The van der Waals surface area contributed by atoms with E-state index in [2.05, 4.69) is 0 Å². The summed E-state index contributed by atoms with van der Waals surface area (Å²) in [6, 6.07) is 0. The van der Waals surface area contributed by atoms with Crippen LogP contribution in [0.2, 0.25) is 0 Å². The first-order chi connectivity index (χ1) is 5.92. The molecule has 1 N–H and O–H groups in total. The first-order valence-corrected chi connectivity index (χ1v) is 5.73. The lowest BCUT2D eigenvalue weighted by Gasteiger charge is -2.31. The van der Waals surface area contributed by atoms with Crippen LogP contribution < -0.4 is 0 Å². The fourth-order valence-electron chi connectivity index (χ4n) is 1.49. The van der Waals surface area contributed by atoms with Crippen LogP contribution in [0, 0.1) is 0 Å². The van der Waals surface area contributed by atoms with Gasteiger partial charge in [0.2, 0.25) is 0 Å². The molecule has 0 aliphatic carbocycles. The molecule has 1 fully saturated rings. The van der Waals surface area contributed by atoms with E-state index in [0.29, 0.717) is 6.42 Å². The molecule has 1 aliphatic heterocycles. The Hall–Kier alpha value is -0.620. The largest absolute Gasteiger partial charge is 0.479 e. The molecule has 0 spiro atoms. The molecule has 0 aromatic carbocycles. The number of methoxy groups -OCH3 is 1. The van der Waals surface area contributed by atoms with Gasteiger partial charge in [0.1, 0.15) is 0 Å². The summed E-state index contributed by atoms with van der Waals surface area (Å²) in [5.74, 6) is -1.55. The molecule has 0 radical (unpaired) electrons. The normalized spacial score (nSPS) is 32.7. The molecule has 0 amide bonds. The van der Waals surface area contributed by atoms with Gasteiger partial charge in [0.25, 0.3) is 0 Å². The van der Waals surface area contributed by atoms with Crippen molar-refractivity contribution in [2.75, 3.05) is 18.6 Å². The van der Waals surface area contributed by atoms with Gasteiger partial charge >= 0.3 is 5.97 Å². The van der Waals surface area contributed by atoms with Crippen LogP contribution in [0.15, 0.2) is 0 Å². The minimum absolute atomic E-state index is 0.0609. The van der Waals surface area contributed by atoms with Crippen LogP contribution >= 0.6 is 0 Å². The lowest BCUT2D eigenvalue weighted by Crippen LogP contribution is -2.50. The Morgan fingerprint density at radius 1 is 1.54 bits per heavy atom. The first-order valence-electron chi connectivity index (χ1n) is 3.91. The molecule has 76 valence electrons. The maximum absolute atomic E-state index is 11.2. The van der Waals surface area contributed by atoms with Crippen molar-refractivity contribution in [2.45, 2.75) is 18.4 Å². The molecule has 1 heterocycles. The molecule has 1 saturated heterocycles. The summed E-state index contributed by atoms with van der Waals surface area (Å²) < 4.78 is 27.2. The predicted molar refractivity (Wildman–Crippen MR) is 45.3 cm³/mol. The minimum atomic E-state index is -3.25. The van der Waals surface area contributed by atoms with Gasteiger partial charge in [-0.1, -0.05) is 0 Å². The summed E-state index contributed by atoms with van der Waals surface area (Å²) in [4.78, 5) is 10.8. The lowest BCUT2D eigenvalue weighted by atomic mass is 10.0. The smallest absolute Gasteiger partial charge is 0.337 e. The van der Waals surface area contributed by atoms with E-state index in [1.165, 1.54) is 7.11 Å². The van der Waals surface area contributed by atoms with Crippen LogP contribution in [-0.4, -0.2) is 43.7 Å². The Balaban J connectivity index is 2.95. The summed E-state index contributed by atoms with van der Waals surface area (Å²) in [6.45, 7) is 0. The van der Waals surface area contributed by atoms with E-state index >= 15 is 0 Å². The van der Waals surface area contributed by atoms with Crippen molar-refractivity contribution in [2.24, 2.45) is 0 Å². The van der Waals surface area contributed by atoms with E-state index in [4.69, 9.17) is 9.84 Å². The van der Waals surface area contributed by atoms with Gasteiger partial charge in [-0.2, -0.15) is 0 Å². The van der Waals surface area contributed by atoms with Crippen molar-refractivity contribution in [3.63, 3.8) is 0 Å². The number of hydrogen-bond acceptors (Lipinski definition) is 4. The Kier molecular flexibility index (Phi) is 2.63. The average molecular weight is 208 g/mol. The van der Waals surface area contributed by atoms with E-state index in [9.17, 15) is 13.2 Å². The maximum atomic E-state index is 11.2. The predicted octanol–water partition coefficient (Wildman–Crippen LogP) is -0.335. The average Bonchev–Trinajstić information content (AvgIpc) is 2.02. The molecule has 13 heavy (non-hydrogen) atoms. The number of rotatable bonds is 2. The van der Waals surface area contributed by atoms with Crippen LogP contribution in [0.4, 0.5) is 0 Å². The number of hydrogen-bond donors (Lipinski definition) is 1. The first kappa shape index (κ1) is 10.5. The second-order valence-corrected chi connectivity index (χ2v) is 5.38. The second kappa shape index (κ2) is 3.26. The third-order valence-electron chi connectivity index (χ3n) is 2.27. The number of carboxylic acids is 1.